The van der Waals surface area contributed by atoms with Gasteiger partial charge in [0.15, 0.2) is 0 Å². The van der Waals surface area contributed by atoms with Gasteiger partial charge in [0.05, 0.1) is 24.2 Å². The molecular weight excluding hydrogens is 252 g/mol. The Morgan fingerprint density at radius 2 is 2.16 bits per heavy atom. The molecule has 1 aromatic rings. The van der Waals surface area contributed by atoms with Crippen LogP contribution in [0.15, 0.2) is 29.8 Å². The Morgan fingerprint density at radius 1 is 1.42 bits per heavy atom. The van der Waals surface area contributed by atoms with E-state index in [1.807, 2.05) is 0 Å². The van der Waals surface area contributed by atoms with Gasteiger partial charge < -0.3 is 25.4 Å². The quantitative estimate of drug-likeness (QED) is 0.601. The van der Waals surface area contributed by atoms with E-state index >= 15 is 0 Å². The number of aliphatic hydroxyl groups is 2. The Balaban J connectivity index is 2.14. The minimum atomic E-state index is -1.11. The molecule has 7 heteroatoms. The Labute approximate surface area is 109 Å². The summed E-state index contributed by atoms with van der Waals surface area (Å²) in [5.41, 5.74) is 0.793. The summed E-state index contributed by atoms with van der Waals surface area (Å²) in [7, 11) is 0. The summed E-state index contributed by atoms with van der Waals surface area (Å²) < 4.78 is 5.20. The summed E-state index contributed by atoms with van der Waals surface area (Å²) in [6.45, 7) is 2.14. The van der Waals surface area contributed by atoms with Crippen molar-refractivity contribution in [2.45, 2.75) is 19.1 Å². The molecule has 19 heavy (non-hydrogen) atoms. The number of nitrogens with one attached hydrogen (secondary N) is 1. The lowest BCUT2D eigenvalue weighted by molar-refractivity contribution is -0.0151. The van der Waals surface area contributed by atoms with Crippen LogP contribution in [0.3, 0.4) is 0 Å². The molecule has 2 unspecified atom stereocenters. The van der Waals surface area contributed by atoms with Gasteiger partial charge in [-0.25, -0.2) is 9.78 Å². The van der Waals surface area contributed by atoms with Crippen molar-refractivity contribution < 1.29 is 24.9 Å². The van der Waals surface area contributed by atoms with Gasteiger partial charge in [-0.2, -0.15) is 0 Å². The summed E-state index contributed by atoms with van der Waals surface area (Å²) in [5.74, 6) is -0.822. The predicted molar refractivity (Wildman–Crippen MR) is 65.5 cm³/mol. The molecular formula is C12H14N2O5. The Hall–Kier alpha value is -2.12. The van der Waals surface area contributed by atoms with E-state index in [4.69, 9.17) is 9.84 Å². The van der Waals surface area contributed by atoms with Crippen LogP contribution in [0.25, 0.3) is 0 Å². The molecule has 0 spiro atoms. The van der Waals surface area contributed by atoms with Crippen molar-refractivity contribution in [2.24, 2.45) is 0 Å². The second-order valence-electron chi connectivity index (χ2n) is 3.96. The van der Waals surface area contributed by atoms with Crippen LogP contribution >= 0.6 is 0 Å². The first-order chi connectivity index (χ1) is 9.04. The fraction of sp³-hybridized carbons (Fsp3) is 0.333. The first-order valence-electron chi connectivity index (χ1n) is 5.74. The monoisotopic (exact) mass is 266 g/mol. The summed E-state index contributed by atoms with van der Waals surface area (Å²) >= 11 is 0. The number of hydrogen-bond acceptors (Lipinski definition) is 6. The van der Waals surface area contributed by atoms with Crippen LogP contribution in [-0.2, 0) is 4.74 Å². The zero-order chi connectivity index (χ0) is 14.0. The maximum absolute atomic E-state index is 10.6. The van der Waals surface area contributed by atoms with E-state index < -0.39 is 18.2 Å². The first-order valence-corrected chi connectivity index (χ1v) is 5.74. The van der Waals surface area contributed by atoms with E-state index in [0.29, 0.717) is 18.0 Å². The molecule has 1 aromatic heterocycles. The fourth-order valence-corrected chi connectivity index (χ4v) is 1.71. The summed E-state index contributed by atoms with van der Waals surface area (Å²) in [5, 5.41) is 30.7. The number of carboxylic acids is 1. The van der Waals surface area contributed by atoms with Gasteiger partial charge in [0.25, 0.3) is 0 Å². The van der Waals surface area contributed by atoms with Crippen molar-refractivity contribution in [2.75, 3.05) is 11.9 Å². The number of hydrogen-bond donors (Lipinski definition) is 4. The number of aromatic carboxylic acids is 1. The molecule has 102 valence electrons. The number of carboxylic acid groups (broad SMARTS) is 1. The Morgan fingerprint density at radius 3 is 2.68 bits per heavy atom. The number of aliphatic hydroxyl groups excluding tert-OH is 2. The topological polar surface area (TPSA) is 112 Å². The number of carbonyl (C=O) groups is 1. The highest BCUT2D eigenvalue weighted by Gasteiger charge is 2.40. The second kappa shape index (κ2) is 5.25. The van der Waals surface area contributed by atoms with Gasteiger partial charge in [0.1, 0.15) is 23.7 Å². The number of aromatic nitrogens is 1. The van der Waals surface area contributed by atoms with Crippen molar-refractivity contribution in [1.82, 2.24) is 4.98 Å². The van der Waals surface area contributed by atoms with E-state index in [2.05, 4.69) is 10.3 Å². The summed E-state index contributed by atoms with van der Waals surface area (Å²) in [6.07, 6.45) is -0.744. The molecule has 0 saturated carbocycles. The third-order valence-corrected chi connectivity index (χ3v) is 2.69. The van der Waals surface area contributed by atoms with Crippen molar-refractivity contribution in [1.29, 1.82) is 0 Å². The molecule has 4 N–H and O–H groups in total. The van der Waals surface area contributed by atoms with Crippen LogP contribution in [0.4, 0.5) is 5.69 Å². The highest BCUT2D eigenvalue weighted by atomic mass is 16.5. The van der Waals surface area contributed by atoms with Gasteiger partial charge in [0.2, 0.25) is 0 Å². The number of ether oxygens (including phenoxy) is 1. The van der Waals surface area contributed by atoms with E-state index in [1.54, 1.807) is 6.92 Å². The highest BCUT2D eigenvalue weighted by molar-refractivity contribution is 5.85. The maximum Gasteiger partial charge on any atom is 0.354 e. The van der Waals surface area contributed by atoms with Crippen LogP contribution < -0.4 is 5.32 Å². The third kappa shape index (κ3) is 2.51. The number of nitrogens with zero attached hydrogens (tertiary/aromatic N) is 1. The summed E-state index contributed by atoms with van der Waals surface area (Å²) in [6, 6.07) is 2.86. The predicted octanol–water partition coefficient (Wildman–Crippen LogP) is 0.175. The average Bonchev–Trinajstić information content (AvgIpc) is 2.42. The zero-order valence-corrected chi connectivity index (χ0v) is 10.2. The minimum Gasteiger partial charge on any atom is -0.493 e. The molecule has 1 heterocycles. The average molecular weight is 266 g/mol. The standard InChI is InChI=1S/C12H14N2O5/c1-2-19-11-8(9(15)10(11)16)14-6-3-4-7(12(17)18)13-5-6/h3-5,9-10,14-16H,2H2,1H3,(H,17,18). The molecule has 1 aliphatic carbocycles. The molecule has 0 saturated heterocycles. The molecule has 0 aromatic carbocycles. The smallest absolute Gasteiger partial charge is 0.354 e. The fourth-order valence-electron chi connectivity index (χ4n) is 1.71. The molecule has 0 radical (unpaired) electrons. The van der Waals surface area contributed by atoms with Crippen molar-refractivity contribution in [3.05, 3.63) is 35.5 Å². The molecule has 0 aliphatic heterocycles. The second-order valence-corrected chi connectivity index (χ2v) is 3.96. The number of anilines is 1. The zero-order valence-electron chi connectivity index (χ0n) is 10.2. The van der Waals surface area contributed by atoms with E-state index in [9.17, 15) is 15.0 Å². The molecule has 0 fully saturated rings. The van der Waals surface area contributed by atoms with Crippen LogP contribution in [0.5, 0.6) is 0 Å². The molecule has 7 nitrogen and oxygen atoms in total. The van der Waals surface area contributed by atoms with Crippen molar-refractivity contribution >= 4 is 11.7 Å². The largest absolute Gasteiger partial charge is 0.493 e. The van der Waals surface area contributed by atoms with Crippen LogP contribution in [0.2, 0.25) is 0 Å². The van der Waals surface area contributed by atoms with Gasteiger partial charge in [-0.05, 0) is 19.1 Å². The van der Waals surface area contributed by atoms with Gasteiger partial charge in [-0.1, -0.05) is 0 Å². The molecule has 2 rings (SSSR count). The maximum atomic E-state index is 10.6. The van der Waals surface area contributed by atoms with Gasteiger partial charge in [0, 0.05) is 0 Å². The number of rotatable bonds is 5. The summed E-state index contributed by atoms with van der Waals surface area (Å²) in [4.78, 5) is 14.4. The van der Waals surface area contributed by atoms with Crippen molar-refractivity contribution in [3.63, 3.8) is 0 Å². The van der Waals surface area contributed by atoms with Crippen molar-refractivity contribution in [3.8, 4) is 0 Å². The minimum absolute atomic E-state index is 0.0706. The van der Waals surface area contributed by atoms with Crippen LogP contribution in [0.1, 0.15) is 17.4 Å². The molecule has 0 bridgehead atoms. The van der Waals surface area contributed by atoms with Gasteiger partial charge in [-0.15, -0.1) is 0 Å². The van der Waals surface area contributed by atoms with Crippen LogP contribution in [-0.4, -0.2) is 45.1 Å². The highest BCUT2D eigenvalue weighted by Crippen LogP contribution is 2.30. The number of pyridine rings is 1. The normalized spacial score (nSPS) is 21.8. The first kappa shape index (κ1) is 13.3. The van der Waals surface area contributed by atoms with Gasteiger partial charge in [-0.3, -0.25) is 0 Å². The third-order valence-electron chi connectivity index (χ3n) is 2.69. The molecule has 0 amide bonds. The Bertz CT molecular complexity index is 511. The van der Waals surface area contributed by atoms with Crippen LogP contribution in [0, 0.1) is 0 Å². The van der Waals surface area contributed by atoms with Gasteiger partial charge >= 0.3 is 5.97 Å². The molecule has 2 atom stereocenters. The lowest BCUT2D eigenvalue weighted by Gasteiger charge is -2.34. The molecule has 1 aliphatic rings. The lowest BCUT2D eigenvalue weighted by atomic mass is 9.95. The SMILES string of the molecule is CCOC1=C(Nc2ccc(C(=O)O)nc2)C(O)C1O. The van der Waals surface area contributed by atoms with E-state index in [1.165, 1.54) is 18.3 Å². The lowest BCUT2D eigenvalue weighted by Crippen LogP contribution is -2.44. The van der Waals surface area contributed by atoms with E-state index in [0.717, 1.165) is 0 Å². The van der Waals surface area contributed by atoms with E-state index in [-0.39, 0.29) is 11.5 Å². The Kier molecular flexibility index (Phi) is 3.68.